The molecule has 0 amide bonds. The summed E-state index contributed by atoms with van der Waals surface area (Å²) in [6, 6.07) is 10.6. The molecule has 1 aliphatic rings. The van der Waals surface area contributed by atoms with Gasteiger partial charge in [0.15, 0.2) is 0 Å². The number of benzene rings is 1. The molecule has 116 valence electrons. The third-order valence-electron chi connectivity index (χ3n) is 4.43. The molecule has 4 atom stereocenters. The van der Waals surface area contributed by atoms with E-state index in [1.54, 1.807) is 0 Å². The minimum absolute atomic E-state index is 0. The van der Waals surface area contributed by atoms with Gasteiger partial charge < -0.3 is 4.74 Å². The van der Waals surface area contributed by atoms with Crippen LogP contribution in [0, 0.1) is 5.92 Å². The molecule has 0 bridgehead atoms. The first-order chi connectivity index (χ1) is 10.1. The van der Waals surface area contributed by atoms with Crippen molar-refractivity contribution in [3.63, 3.8) is 0 Å². The number of hydrogen-bond acceptors (Lipinski definition) is 3. The largest absolute Gasteiger partial charge is 0.468 e. The van der Waals surface area contributed by atoms with Crippen LogP contribution in [0.1, 0.15) is 40.2 Å². The van der Waals surface area contributed by atoms with Gasteiger partial charge in [-0.25, -0.2) is 0 Å². The molecule has 0 N–H and O–H groups in total. The standard InChI is InChI=1S/C18H25NO2.H2/c1-5-16-12-11-13(2)17(18(20)21-4)19(16)14(3)15-9-7-6-8-10-15;/h6-14,16-17H,5H2,1-4H3;1H/t13?,14-,16?,17+;/m0./s1. The van der Waals surface area contributed by atoms with E-state index in [2.05, 4.69) is 50.0 Å². The number of carbonyl (C=O) groups is 1. The van der Waals surface area contributed by atoms with E-state index in [-0.39, 0.29) is 31.4 Å². The Hall–Kier alpha value is -1.61. The van der Waals surface area contributed by atoms with Crippen molar-refractivity contribution in [1.82, 2.24) is 4.90 Å². The van der Waals surface area contributed by atoms with Crippen molar-refractivity contribution in [1.29, 1.82) is 0 Å². The van der Waals surface area contributed by atoms with Gasteiger partial charge >= 0.3 is 5.97 Å². The van der Waals surface area contributed by atoms with Crippen LogP contribution in [0.5, 0.6) is 0 Å². The normalized spacial score (nSPS) is 27.3. The third kappa shape index (κ3) is 3.18. The first kappa shape index (κ1) is 15.8. The van der Waals surface area contributed by atoms with Crippen molar-refractivity contribution in [2.45, 2.75) is 45.3 Å². The maximum Gasteiger partial charge on any atom is 0.323 e. The molecule has 1 heterocycles. The van der Waals surface area contributed by atoms with E-state index in [0.717, 1.165) is 6.42 Å². The molecule has 0 aliphatic carbocycles. The van der Waals surface area contributed by atoms with E-state index in [9.17, 15) is 4.79 Å². The minimum Gasteiger partial charge on any atom is -0.468 e. The lowest BCUT2D eigenvalue weighted by Crippen LogP contribution is -2.53. The van der Waals surface area contributed by atoms with Gasteiger partial charge in [-0.15, -0.1) is 0 Å². The lowest BCUT2D eigenvalue weighted by Gasteiger charge is -2.44. The second-order valence-corrected chi connectivity index (χ2v) is 5.72. The van der Waals surface area contributed by atoms with Crippen LogP contribution < -0.4 is 0 Å². The van der Waals surface area contributed by atoms with Crippen molar-refractivity contribution in [2.24, 2.45) is 5.92 Å². The first-order valence-electron chi connectivity index (χ1n) is 7.68. The molecular formula is C18H27NO2. The molecule has 21 heavy (non-hydrogen) atoms. The van der Waals surface area contributed by atoms with E-state index in [1.807, 2.05) is 18.2 Å². The highest BCUT2D eigenvalue weighted by Crippen LogP contribution is 2.33. The molecule has 0 radical (unpaired) electrons. The van der Waals surface area contributed by atoms with E-state index in [4.69, 9.17) is 4.74 Å². The molecule has 3 heteroatoms. The van der Waals surface area contributed by atoms with Crippen LogP contribution in [0.3, 0.4) is 0 Å². The van der Waals surface area contributed by atoms with Crippen molar-refractivity contribution in [2.75, 3.05) is 7.11 Å². The Labute approximate surface area is 129 Å². The van der Waals surface area contributed by atoms with Crippen LogP contribution in [0.2, 0.25) is 0 Å². The van der Waals surface area contributed by atoms with E-state index < -0.39 is 0 Å². The first-order valence-corrected chi connectivity index (χ1v) is 7.68. The fraction of sp³-hybridized carbons (Fsp3) is 0.500. The monoisotopic (exact) mass is 289 g/mol. The zero-order valence-electron chi connectivity index (χ0n) is 13.3. The molecule has 0 fully saturated rings. The number of rotatable bonds is 4. The van der Waals surface area contributed by atoms with Gasteiger partial charge in [0, 0.05) is 19.4 Å². The Morgan fingerprint density at radius 3 is 2.57 bits per heavy atom. The molecule has 2 unspecified atom stereocenters. The van der Waals surface area contributed by atoms with Crippen LogP contribution in [0.15, 0.2) is 42.5 Å². The molecule has 1 aromatic rings. The molecule has 0 saturated heterocycles. The molecule has 0 saturated carbocycles. The van der Waals surface area contributed by atoms with E-state index >= 15 is 0 Å². The Morgan fingerprint density at radius 1 is 1.33 bits per heavy atom. The predicted molar refractivity (Wildman–Crippen MR) is 87.0 cm³/mol. The van der Waals surface area contributed by atoms with Gasteiger partial charge in [-0.3, -0.25) is 9.69 Å². The summed E-state index contributed by atoms with van der Waals surface area (Å²) in [7, 11) is 1.47. The minimum atomic E-state index is -0.222. The molecule has 1 aromatic carbocycles. The summed E-state index contributed by atoms with van der Waals surface area (Å²) in [5.41, 5.74) is 1.23. The van der Waals surface area contributed by atoms with Gasteiger partial charge in [-0.05, 0) is 18.9 Å². The number of nitrogens with zero attached hydrogens (tertiary/aromatic N) is 1. The van der Waals surface area contributed by atoms with Crippen LogP contribution >= 0.6 is 0 Å². The highest BCUT2D eigenvalue weighted by Gasteiger charge is 2.39. The van der Waals surface area contributed by atoms with E-state index in [1.165, 1.54) is 12.7 Å². The number of methoxy groups -OCH3 is 1. The summed E-state index contributed by atoms with van der Waals surface area (Å²) in [4.78, 5) is 14.6. The van der Waals surface area contributed by atoms with Crippen LogP contribution in [0.4, 0.5) is 0 Å². The number of esters is 1. The topological polar surface area (TPSA) is 29.5 Å². The quantitative estimate of drug-likeness (QED) is 0.623. The molecule has 1 aliphatic heterocycles. The summed E-state index contributed by atoms with van der Waals surface area (Å²) in [5.74, 6) is 0.0134. The van der Waals surface area contributed by atoms with Crippen molar-refractivity contribution < 1.29 is 11.0 Å². The van der Waals surface area contributed by atoms with Crippen molar-refractivity contribution in [3.05, 3.63) is 48.0 Å². The number of ether oxygens (including phenoxy) is 1. The average molecular weight is 289 g/mol. The fourth-order valence-electron chi connectivity index (χ4n) is 3.22. The van der Waals surface area contributed by atoms with Gasteiger partial charge in [-0.2, -0.15) is 0 Å². The Morgan fingerprint density at radius 2 is 2.00 bits per heavy atom. The summed E-state index contributed by atoms with van der Waals surface area (Å²) < 4.78 is 5.05. The molecular weight excluding hydrogens is 262 g/mol. The molecule has 0 spiro atoms. The summed E-state index contributed by atoms with van der Waals surface area (Å²) in [6.07, 6.45) is 5.35. The van der Waals surface area contributed by atoms with Crippen molar-refractivity contribution >= 4 is 5.97 Å². The summed E-state index contributed by atoms with van der Waals surface area (Å²) in [6.45, 7) is 6.40. The lowest BCUT2D eigenvalue weighted by molar-refractivity contribution is -0.151. The van der Waals surface area contributed by atoms with Crippen molar-refractivity contribution in [3.8, 4) is 0 Å². The number of hydrogen-bond donors (Lipinski definition) is 0. The van der Waals surface area contributed by atoms with E-state index in [0.29, 0.717) is 0 Å². The highest BCUT2D eigenvalue weighted by atomic mass is 16.5. The second kappa shape index (κ2) is 6.90. The summed E-state index contributed by atoms with van der Waals surface area (Å²) in [5, 5.41) is 0. The van der Waals surface area contributed by atoms with Gasteiger partial charge in [0.25, 0.3) is 0 Å². The molecule has 2 rings (SSSR count). The Bertz CT molecular complexity index is 503. The van der Waals surface area contributed by atoms with Gasteiger partial charge in [0.1, 0.15) is 6.04 Å². The zero-order chi connectivity index (χ0) is 15.4. The third-order valence-corrected chi connectivity index (χ3v) is 4.43. The average Bonchev–Trinajstić information content (AvgIpc) is 2.54. The van der Waals surface area contributed by atoms with Gasteiger partial charge in [-0.1, -0.05) is 56.3 Å². The second-order valence-electron chi connectivity index (χ2n) is 5.72. The maximum absolute atomic E-state index is 12.3. The van der Waals surface area contributed by atoms with Crippen LogP contribution in [-0.2, 0) is 9.53 Å². The Balaban J connectivity index is 0.00000242. The lowest BCUT2D eigenvalue weighted by atomic mass is 9.89. The predicted octanol–water partition coefficient (Wildman–Crippen LogP) is 3.82. The van der Waals surface area contributed by atoms with Crippen LogP contribution in [-0.4, -0.2) is 30.1 Å². The summed E-state index contributed by atoms with van der Waals surface area (Å²) >= 11 is 0. The Kier molecular flexibility index (Phi) is 5.18. The van der Waals surface area contributed by atoms with Gasteiger partial charge in [0.05, 0.1) is 7.11 Å². The highest BCUT2D eigenvalue weighted by molar-refractivity contribution is 5.76. The zero-order valence-corrected chi connectivity index (χ0v) is 13.3. The SMILES string of the molecule is CCC1C=CC(C)[C@H](C(=O)OC)N1[C@@H](C)c1ccccc1.[HH]. The van der Waals surface area contributed by atoms with Gasteiger partial charge in [0.2, 0.25) is 0 Å². The number of carbonyl (C=O) groups excluding carboxylic acids is 1. The molecule has 0 aromatic heterocycles. The van der Waals surface area contributed by atoms with Crippen LogP contribution in [0.25, 0.3) is 0 Å². The fourth-order valence-corrected chi connectivity index (χ4v) is 3.22. The maximum atomic E-state index is 12.3. The smallest absolute Gasteiger partial charge is 0.323 e. The molecule has 3 nitrogen and oxygen atoms in total.